The minimum absolute atomic E-state index is 0.0150. The number of carboxylic acids is 1. The Kier molecular flexibility index (Phi) is 7.51. The molecule has 1 atom stereocenters. The van der Waals surface area contributed by atoms with Gasteiger partial charge in [-0.05, 0) is 62.8 Å². The molecule has 0 saturated heterocycles. The van der Waals surface area contributed by atoms with Crippen molar-refractivity contribution in [2.24, 2.45) is 5.92 Å². The molecule has 7 nitrogen and oxygen atoms in total. The molecule has 1 unspecified atom stereocenters. The van der Waals surface area contributed by atoms with Crippen LogP contribution in [0.2, 0.25) is 0 Å². The summed E-state index contributed by atoms with van der Waals surface area (Å²) in [5.74, 6) is -2.12. The van der Waals surface area contributed by atoms with Crippen LogP contribution in [0.5, 0.6) is 0 Å². The number of carbonyl (C=O) groups is 3. The second kappa shape index (κ2) is 10.7. The lowest BCUT2D eigenvalue weighted by Crippen LogP contribution is -2.32. The van der Waals surface area contributed by atoms with E-state index in [0.717, 1.165) is 22.3 Å². The van der Waals surface area contributed by atoms with Gasteiger partial charge in [-0.15, -0.1) is 0 Å². The van der Waals surface area contributed by atoms with Crippen LogP contribution < -0.4 is 10.6 Å². The predicted molar refractivity (Wildman–Crippen MR) is 137 cm³/mol. The van der Waals surface area contributed by atoms with Crippen LogP contribution in [0.1, 0.15) is 40.7 Å². The molecular formula is C27H25BrN2O5. The molecule has 0 heterocycles. The minimum Gasteiger partial charge on any atom is -0.481 e. The third-order valence-electron chi connectivity index (χ3n) is 6.15. The van der Waals surface area contributed by atoms with Gasteiger partial charge in [-0.2, -0.15) is 0 Å². The Morgan fingerprint density at radius 3 is 2.23 bits per heavy atom. The molecule has 0 aliphatic heterocycles. The second-order valence-corrected chi connectivity index (χ2v) is 9.15. The van der Waals surface area contributed by atoms with E-state index >= 15 is 0 Å². The first-order valence-electron chi connectivity index (χ1n) is 11.3. The van der Waals surface area contributed by atoms with Gasteiger partial charge in [-0.3, -0.25) is 14.9 Å². The summed E-state index contributed by atoms with van der Waals surface area (Å²) < 4.78 is 6.09. The second-order valence-electron chi connectivity index (χ2n) is 8.30. The molecule has 1 aliphatic carbocycles. The van der Waals surface area contributed by atoms with E-state index in [-0.39, 0.29) is 24.6 Å². The maximum Gasteiger partial charge on any atom is 0.411 e. The molecule has 8 heteroatoms. The van der Waals surface area contributed by atoms with Crippen LogP contribution in [0.3, 0.4) is 0 Å². The molecular weight excluding hydrogens is 512 g/mol. The Morgan fingerprint density at radius 1 is 1.00 bits per heavy atom. The number of benzene rings is 3. The molecule has 35 heavy (non-hydrogen) atoms. The molecule has 0 aromatic heterocycles. The lowest BCUT2D eigenvalue weighted by Gasteiger charge is -2.15. The Morgan fingerprint density at radius 2 is 1.63 bits per heavy atom. The number of rotatable bonds is 8. The molecule has 2 amide bonds. The van der Waals surface area contributed by atoms with E-state index in [4.69, 9.17) is 4.74 Å². The van der Waals surface area contributed by atoms with E-state index in [1.165, 1.54) is 6.07 Å². The van der Waals surface area contributed by atoms with Gasteiger partial charge in [0.05, 0.1) is 11.5 Å². The molecule has 3 aromatic rings. The first-order chi connectivity index (χ1) is 16.9. The lowest BCUT2D eigenvalue weighted by atomic mass is 9.98. The largest absolute Gasteiger partial charge is 0.481 e. The number of amides is 2. The van der Waals surface area contributed by atoms with Crippen LogP contribution in [0.25, 0.3) is 11.1 Å². The average Bonchev–Trinajstić information content (AvgIpc) is 3.17. The highest BCUT2D eigenvalue weighted by molar-refractivity contribution is 9.10. The number of carbonyl (C=O) groups excluding carboxylic acids is 2. The zero-order valence-corrected chi connectivity index (χ0v) is 20.7. The molecule has 3 aromatic carbocycles. The van der Waals surface area contributed by atoms with Gasteiger partial charge in [0.15, 0.2) is 0 Å². The summed E-state index contributed by atoms with van der Waals surface area (Å²) in [6.45, 7) is 1.94. The molecule has 0 radical (unpaired) electrons. The van der Waals surface area contributed by atoms with Gasteiger partial charge >= 0.3 is 12.1 Å². The Labute approximate surface area is 211 Å². The van der Waals surface area contributed by atoms with Crippen molar-refractivity contribution < 1.29 is 24.2 Å². The van der Waals surface area contributed by atoms with Crippen LogP contribution >= 0.6 is 15.9 Å². The zero-order valence-electron chi connectivity index (χ0n) is 19.1. The fraction of sp³-hybridized carbons (Fsp3) is 0.222. The number of hydrogen-bond acceptors (Lipinski definition) is 4. The number of ether oxygens (including phenoxy) is 1. The number of nitrogens with one attached hydrogen (secondary N) is 2. The number of anilines is 1. The quantitative estimate of drug-likeness (QED) is 0.345. The molecule has 1 aliphatic rings. The van der Waals surface area contributed by atoms with Crippen LogP contribution in [0.4, 0.5) is 10.5 Å². The van der Waals surface area contributed by atoms with Crippen molar-refractivity contribution in [1.82, 2.24) is 5.32 Å². The maximum atomic E-state index is 12.6. The minimum atomic E-state index is -0.961. The van der Waals surface area contributed by atoms with Crippen LogP contribution in [-0.4, -0.2) is 36.2 Å². The Balaban J connectivity index is 1.40. The van der Waals surface area contributed by atoms with Crippen molar-refractivity contribution in [1.29, 1.82) is 0 Å². The summed E-state index contributed by atoms with van der Waals surface area (Å²) in [5, 5.41) is 14.5. The lowest BCUT2D eigenvalue weighted by molar-refractivity contribution is -0.141. The van der Waals surface area contributed by atoms with E-state index < -0.39 is 23.9 Å². The first-order valence-corrected chi connectivity index (χ1v) is 12.1. The predicted octanol–water partition coefficient (Wildman–Crippen LogP) is 5.65. The van der Waals surface area contributed by atoms with Crippen LogP contribution in [0, 0.1) is 5.92 Å². The van der Waals surface area contributed by atoms with Gasteiger partial charge < -0.3 is 15.2 Å². The molecule has 3 N–H and O–H groups in total. The molecule has 0 bridgehead atoms. The third-order valence-corrected chi connectivity index (χ3v) is 6.84. The summed E-state index contributed by atoms with van der Waals surface area (Å²) in [5.41, 5.74) is 5.21. The number of carboxylic acid groups (broad SMARTS) is 1. The van der Waals surface area contributed by atoms with E-state index in [1.807, 2.05) is 36.4 Å². The summed E-state index contributed by atoms with van der Waals surface area (Å²) in [6, 6.07) is 21.0. The smallest absolute Gasteiger partial charge is 0.411 e. The average molecular weight is 537 g/mol. The molecule has 0 fully saturated rings. The fourth-order valence-corrected chi connectivity index (χ4v) is 4.67. The first kappa shape index (κ1) is 24.5. The van der Waals surface area contributed by atoms with E-state index in [0.29, 0.717) is 16.6 Å². The van der Waals surface area contributed by atoms with Crippen LogP contribution in [0.15, 0.2) is 71.2 Å². The maximum absolute atomic E-state index is 12.6. The SMILES string of the molecule is CCC(CNC(=O)c1cc(NC(=O)OCC2c3ccccc3-c3ccccc32)ccc1Br)C(=O)O. The topological polar surface area (TPSA) is 105 Å². The third kappa shape index (κ3) is 5.38. The standard InChI is InChI=1S/C27H25BrN2O5/c1-2-16(26(32)33)14-29-25(31)22-13-17(11-12-24(22)28)30-27(34)35-15-23-20-9-5-3-7-18(20)19-8-4-6-10-21(19)23/h3-13,16,23H,2,14-15H2,1H3,(H,29,31)(H,30,34)(H,32,33). The molecule has 0 spiro atoms. The van der Waals surface area contributed by atoms with Crippen molar-refractivity contribution in [3.8, 4) is 11.1 Å². The number of fused-ring (bicyclic) bond motifs is 3. The van der Waals surface area contributed by atoms with Gasteiger partial charge in [-0.1, -0.05) is 55.5 Å². The monoisotopic (exact) mass is 536 g/mol. The van der Waals surface area contributed by atoms with Gasteiger partial charge in [0, 0.05) is 22.6 Å². The van der Waals surface area contributed by atoms with Crippen LogP contribution in [-0.2, 0) is 9.53 Å². The molecule has 180 valence electrons. The Hall–Kier alpha value is -3.65. The van der Waals surface area contributed by atoms with Gasteiger partial charge in [-0.25, -0.2) is 4.79 Å². The van der Waals surface area contributed by atoms with Crippen molar-refractivity contribution in [3.63, 3.8) is 0 Å². The van der Waals surface area contributed by atoms with Gasteiger partial charge in [0.1, 0.15) is 6.61 Å². The highest BCUT2D eigenvalue weighted by atomic mass is 79.9. The van der Waals surface area contributed by atoms with Crippen molar-refractivity contribution in [2.45, 2.75) is 19.3 Å². The molecule has 4 rings (SSSR count). The summed E-state index contributed by atoms with van der Waals surface area (Å²) in [7, 11) is 0. The highest BCUT2D eigenvalue weighted by Gasteiger charge is 2.29. The Bertz CT molecular complexity index is 1230. The van der Waals surface area contributed by atoms with Crippen molar-refractivity contribution in [3.05, 3.63) is 87.9 Å². The number of aliphatic carboxylic acids is 1. The van der Waals surface area contributed by atoms with E-state index in [2.05, 4.69) is 38.7 Å². The summed E-state index contributed by atoms with van der Waals surface area (Å²) in [4.78, 5) is 36.4. The fourth-order valence-electron chi connectivity index (χ4n) is 4.25. The number of halogens is 1. The van der Waals surface area contributed by atoms with Crippen molar-refractivity contribution in [2.75, 3.05) is 18.5 Å². The van der Waals surface area contributed by atoms with E-state index in [9.17, 15) is 19.5 Å². The normalized spacial score (nSPS) is 12.9. The van der Waals surface area contributed by atoms with E-state index in [1.54, 1.807) is 19.1 Å². The van der Waals surface area contributed by atoms with Gasteiger partial charge in [0.25, 0.3) is 5.91 Å². The summed E-state index contributed by atoms with van der Waals surface area (Å²) in [6.07, 6.45) is -0.224. The van der Waals surface area contributed by atoms with Crippen molar-refractivity contribution >= 4 is 39.6 Å². The highest BCUT2D eigenvalue weighted by Crippen LogP contribution is 2.44. The zero-order chi connectivity index (χ0) is 24.9. The summed E-state index contributed by atoms with van der Waals surface area (Å²) >= 11 is 3.34. The van der Waals surface area contributed by atoms with Gasteiger partial charge in [0.2, 0.25) is 0 Å². The number of hydrogen-bond donors (Lipinski definition) is 3. The molecule has 0 saturated carbocycles.